The van der Waals surface area contributed by atoms with E-state index in [-0.39, 0.29) is 21.8 Å². The van der Waals surface area contributed by atoms with Crippen LogP contribution >= 0.6 is 0 Å². The van der Waals surface area contributed by atoms with Crippen LogP contribution in [-0.4, -0.2) is 14.3 Å². The standard InChI is InChI=1S/C19H14F2N2O3S/c20-14-5-2-7-16(11-14)22-19(24)13-4-1-9-18(10-13)27(25,26)23-17-8-3-6-15(21)12-17/h1-12,23H,(H,22,24). The van der Waals surface area contributed by atoms with E-state index in [9.17, 15) is 22.0 Å². The molecule has 0 aliphatic carbocycles. The molecule has 3 aromatic rings. The van der Waals surface area contributed by atoms with Crippen molar-refractivity contribution in [1.82, 2.24) is 0 Å². The predicted octanol–water partition coefficient (Wildman–Crippen LogP) is 4.02. The molecule has 0 saturated carbocycles. The molecule has 8 heteroatoms. The number of nitrogens with one attached hydrogen (secondary N) is 2. The van der Waals surface area contributed by atoms with Crippen molar-refractivity contribution in [3.8, 4) is 0 Å². The number of hydrogen-bond donors (Lipinski definition) is 2. The summed E-state index contributed by atoms with van der Waals surface area (Å²) in [7, 11) is -4.02. The molecule has 0 saturated heterocycles. The van der Waals surface area contributed by atoms with E-state index in [4.69, 9.17) is 0 Å². The van der Waals surface area contributed by atoms with Gasteiger partial charge in [0.05, 0.1) is 10.6 Å². The van der Waals surface area contributed by atoms with E-state index in [0.29, 0.717) is 0 Å². The lowest BCUT2D eigenvalue weighted by atomic mass is 10.2. The molecular weight excluding hydrogens is 374 g/mol. The minimum atomic E-state index is -4.02. The highest BCUT2D eigenvalue weighted by Gasteiger charge is 2.17. The van der Waals surface area contributed by atoms with Crippen LogP contribution in [0.1, 0.15) is 10.4 Å². The van der Waals surface area contributed by atoms with Crippen LogP contribution in [0.5, 0.6) is 0 Å². The number of hydrogen-bond acceptors (Lipinski definition) is 3. The Morgan fingerprint density at radius 2 is 1.37 bits per heavy atom. The first kappa shape index (κ1) is 18.5. The number of carbonyl (C=O) groups is 1. The predicted molar refractivity (Wildman–Crippen MR) is 98.0 cm³/mol. The molecule has 0 radical (unpaired) electrons. The van der Waals surface area contributed by atoms with Crippen molar-refractivity contribution in [3.05, 3.63) is 90.0 Å². The monoisotopic (exact) mass is 388 g/mol. The smallest absolute Gasteiger partial charge is 0.261 e. The molecule has 0 unspecified atom stereocenters. The van der Waals surface area contributed by atoms with Gasteiger partial charge in [0.15, 0.2) is 0 Å². The van der Waals surface area contributed by atoms with Crippen molar-refractivity contribution in [1.29, 1.82) is 0 Å². The van der Waals surface area contributed by atoms with Crippen molar-refractivity contribution < 1.29 is 22.0 Å². The summed E-state index contributed by atoms with van der Waals surface area (Å²) >= 11 is 0. The SMILES string of the molecule is O=C(Nc1cccc(F)c1)c1cccc(S(=O)(=O)Nc2cccc(F)c2)c1. The van der Waals surface area contributed by atoms with Crippen LogP contribution in [-0.2, 0) is 10.0 Å². The Bertz CT molecular complexity index is 1100. The van der Waals surface area contributed by atoms with Crippen LogP contribution < -0.4 is 10.0 Å². The van der Waals surface area contributed by atoms with E-state index in [1.54, 1.807) is 0 Å². The van der Waals surface area contributed by atoms with Gasteiger partial charge in [-0.05, 0) is 54.6 Å². The van der Waals surface area contributed by atoms with Gasteiger partial charge in [0.25, 0.3) is 15.9 Å². The number of halogens is 2. The van der Waals surface area contributed by atoms with Crippen LogP contribution in [0.3, 0.4) is 0 Å². The van der Waals surface area contributed by atoms with Gasteiger partial charge in [-0.2, -0.15) is 0 Å². The third kappa shape index (κ3) is 4.68. The van der Waals surface area contributed by atoms with E-state index in [0.717, 1.165) is 12.1 Å². The van der Waals surface area contributed by atoms with Gasteiger partial charge >= 0.3 is 0 Å². The first-order valence-corrected chi connectivity index (χ1v) is 9.27. The third-order valence-electron chi connectivity index (χ3n) is 3.57. The number of amides is 1. The Morgan fingerprint density at radius 1 is 0.778 bits per heavy atom. The zero-order valence-corrected chi connectivity index (χ0v) is 14.6. The lowest BCUT2D eigenvalue weighted by Crippen LogP contribution is -2.16. The molecule has 0 fully saturated rings. The van der Waals surface area contributed by atoms with Crippen LogP contribution in [0.15, 0.2) is 77.7 Å². The molecule has 0 aromatic heterocycles. The average molecular weight is 388 g/mol. The summed E-state index contributed by atoms with van der Waals surface area (Å²) in [6, 6.07) is 15.6. The first-order chi connectivity index (χ1) is 12.8. The largest absolute Gasteiger partial charge is 0.322 e. The Morgan fingerprint density at radius 3 is 2.04 bits per heavy atom. The normalized spacial score (nSPS) is 11.0. The Labute approximate surface area is 154 Å². The highest BCUT2D eigenvalue weighted by atomic mass is 32.2. The van der Waals surface area contributed by atoms with Crippen molar-refractivity contribution in [2.45, 2.75) is 4.90 Å². The highest BCUT2D eigenvalue weighted by Crippen LogP contribution is 2.19. The summed E-state index contributed by atoms with van der Waals surface area (Å²) in [5.41, 5.74) is 0.372. The van der Waals surface area contributed by atoms with Gasteiger partial charge in [-0.3, -0.25) is 9.52 Å². The number of carbonyl (C=O) groups excluding carboxylic acids is 1. The second kappa shape index (κ2) is 7.55. The molecule has 0 aliphatic heterocycles. The number of anilines is 2. The topological polar surface area (TPSA) is 75.3 Å². The van der Waals surface area contributed by atoms with Crippen LogP contribution in [0, 0.1) is 11.6 Å². The Kier molecular flexibility index (Phi) is 5.18. The second-order valence-electron chi connectivity index (χ2n) is 5.61. The maximum Gasteiger partial charge on any atom is 0.261 e. The van der Waals surface area contributed by atoms with Crippen LogP contribution in [0.4, 0.5) is 20.2 Å². The zero-order valence-electron chi connectivity index (χ0n) is 13.8. The van der Waals surface area contributed by atoms with Crippen molar-refractivity contribution in [2.75, 3.05) is 10.0 Å². The van der Waals surface area contributed by atoms with Gasteiger partial charge in [-0.15, -0.1) is 0 Å². The summed E-state index contributed by atoms with van der Waals surface area (Å²) in [6.45, 7) is 0. The molecule has 3 rings (SSSR count). The van der Waals surface area contributed by atoms with Gasteiger partial charge < -0.3 is 5.32 Å². The highest BCUT2D eigenvalue weighted by molar-refractivity contribution is 7.92. The number of benzene rings is 3. The molecule has 5 nitrogen and oxygen atoms in total. The molecule has 0 aliphatic rings. The summed E-state index contributed by atoms with van der Waals surface area (Å²) in [5.74, 6) is -1.69. The van der Waals surface area contributed by atoms with E-state index in [1.165, 1.54) is 60.7 Å². The molecule has 138 valence electrons. The van der Waals surface area contributed by atoms with Gasteiger partial charge in [-0.25, -0.2) is 17.2 Å². The van der Waals surface area contributed by atoms with E-state index in [1.807, 2.05) is 0 Å². The summed E-state index contributed by atoms with van der Waals surface area (Å²) in [5, 5.41) is 2.49. The number of sulfonamides is 1. The molecule has 27 heavy (non-hydrogen) atoms. The van der Waals surface area contributed by atoms with Crippen LogP contribution in [0.25, 0.3) is 0 Å². The van der Waals surface area contributed by atoms with Crippen molar-refractivity contribution in [2.24, 2.45) is 0 Å². The summed E-state index contributed by atoms with van der Waals surface area (Å²) in [6.07, 6.45) is 0. The van der Waals surface area contributed by atoms with Gasteiger partial charge in [0.2, 0.25) is 0 Å². The first-order valence-electron chi connectivity index (χ1n) is 7.79. The molecule has 0 spiro atoms. The fraction of sp³-hybridized carbons (Fsp3) is 0. The minimum Gasteiger partial charge on any atom is -0.322 e. The number of rotatable bonds is 5. The van der Waals surface area contributed by atoms with E-state index >= 15 is 0 Å². The lowest BCUT2D eigenvalue weighted by Gasteiger charge is -2.10. The quantitative estimate of drug-likeness (QED) is 0.693. The molecular formula is C19H14F2N2O3S. The molecule has 2 N–H and O–H groups in total. The maximum absolute atomic E-state index is 13.2. The fourth-order valence-electron chi connectivity index (χ4n) is 2.34. The van der Waals surface area contributed by atoms with E-state index in [2.05, 4.69) is 10.0 Å². The van der Waals surface area contributed by atoms with Gasteiger partial charge in [0, 0.05) is 11.3 Å². The summed E-state index contributed by atoms with van der Waals surface area (Å²) < 4.78 is 53.6. The molecule has 0 atom stereocenters. The Balaban J connectivity index is 1.82. The van der Waals surface area contributed by atoms with Crippen molar-refractivity contribution in [3.63, 3.8) is 0 Å². The maximum atomic E-state index is 13.2. The Hall–Kier alpha value is -3.26. The van der Waals surface area contributed by atoms with Crippen LogP contribution in [0.2, 0.25) is 0 Å². The lowest BCUT2D eigenvalue weighted by molar-refractivity contribution is 0.102. The zero-order chi connectivity index (χ0) is 19.4. The third-order valence-corrected chi connectivity index (χ3v) is 4.94. The molecule has 1 amide bonds. The molecule has 3 aromatic carbocycles. The molecule has 0 bridgehead atoms. The van der Waals surface area contributed by atoms with Crippen molar-refractivity contribution >= 4 is 27.3 Å². The van der Waals surface area contributed by atoms with E-state index < -0.39 is 27.6 Å². The summed E-state index contributed by atoms with van der Waals surface area (Å²) in [4.78, 5) is 12.1. The average Bonchev–Trinajstić information content (AvgIpc) is 2.61. The fourth-order valence-corrected chi connectivity index (χ4v) is 3.43. The van der Waals surface area contributed by atoms with Gasteiger partial charge in [-0.1, -0.05) is 18.2 Å². The second-order valence-corrected chi connectivity index (χ2v) is 7.29. The molecule has 0 heterocycles. The van der Waals surface area contributed by atoms with Gasteiger partial charge in [0.1, 0.15) is 11.6 Å². The minimum absolute atomic E-state index is 0.0598.